The Balaban J connectivity index is 1.78. The molecular weight excluding hydrogens is 208 g/mol. The largest absolute Gasteiger partial charge is 0.360 e. The number of hydrogen-bond donors (Lipinski definition) is 1. The summed E-state index contributed by atoms with van der Waals surface area (Å²) in [5.74, 6) is 0.905. The Labute approximate surface area is 93.1 Å². The van der Waals surface area contributed by atoms with E-state index in [0.717, 1.165) is 31.0 Å². The minimum absolute atomic E-state index is 0.739. The van der Waals surface area contributed by atoms with Crippen LogP contribution in [-0.4, -0.2) is 5.16 Å². The normalized spacial score (nSPS) is 10.7. The zero-order valence-electron chi connectivity index (χ0n) is 8.69. The van der Waals surface area contributed by atoms with Crippen molar-refractivity contribution in [2.75, 3.05) is 0 Å². The molecule has 4 heteroatoms. The molecule has 0 bridgehead atoms. The minimum Gasteiger partial charge on any atom is -0.360 e. The van der Waals surface area contributed by atoms with E-state index in [1.165, 1.54) is 5.56 Å². The first-order valence-corrected chi connectivity index (χ1v) is 5.99. The van der Waals surface area contributed by atoms with Crippen molar-refractivity contribution in [3.63, 3.8) is 0 Å². The van der Waals surface area contributed by atoms with Crippen LogP contribution in [0.15, 0.2) is 27.4 Å². The summed E-state index contributed by atoms with van der Waals surface area (Å²) in [5, 5.41) is 11.5. The van der Waals surface area contributed by atoms with E-state index in [-0.39, 0.29) is 0 Å². The molecule has 3 nitrogen and oxygen atoms in total. The Morgan fingerprint density at radius 1 is 1.47 bits per heavy atom. The highest BCUT2D eigenvalue weighted by molar-refractivity contribution is 7.07. The zero-order valence-corrected chi connectivity index (χ0v) is 9.51. The third-order valence-corrected chi connectivity index (χ3v) is 2.91. The van der Waals surface area contributed by atoms with Gasteiger partial charge in [-0.05, 0) is 28.8 Å². The standard InChI is InChI=1S/C11H14N2OS/c1-2-10-5-11(14-13-10)7-12-6-9-3-4-15-8-9/h3-5,8,12H,2,6-7H2,1H3. The highest BCUT2D eigenvalue weighted by Gasteiger charge is 2.01. The van der Waals surface area contributed by atoms with Crippen molar-refractivity contribution in [2.24, 2.45) is 0 Å². The molecule has 0 fully saturated rings. The van der Waals surface area contributed by atoms with Crippen LogP contribution in [0.4, 0.5) is 0 Å². The molecule has 0 aromatic carbocycles. The summed E-state index contributed by atoms with van der Waals surface area (Å²) in [5.41, 5.74) is 2.33. The number of thiophene rings is 1. The van der Waals surface area contributed by atoms with Gasteiger partial charge in [-0.1, -0.05) is 12.1 Å². The third-order valence-electron chi connectivity index (χ3n) is 2.18. The van der Waals surface area contributed by atoms with Crippen molar-refractivity contribution in [3.8, 4) is 0 Å². The predicted octanol–water partition coefficient (Wildman–Crippen LogP) is 2.59. The van der Waals surface area contributed by atoms with Crippen LogP contribution < -0.4 is 5.32 Å². The molecule has 0 spiro atoms. The Kier molecular flexibility index (Phi) is 3.53. The number of hydrogen-bond acceptors (Lipinski definition) is 4. The molecule has 2 rings (SSSR count). The Hall–Kier alpha value is -1.13. The highest BCUT2D eigenvalue weighted by Crippen LogP contribution is 2.07. The fraction of sp³-hybridized carbons (Fsp3) is 0.364. The molecule has 0 atom stereocenters. The van der Waals surface area contributed by atoms with Gasteiger partial charge in [0.1, 0.15) is 0 Å². The van der Waals surface area contributed by atoms with Crippen LogP contribution in [0, 0.1) is 0 Å². The van der Waals surface area contributed by atoms with Gasteiger partial charge in [-0.2, -0.15) is 11.3 Å². The van der Waals surface area contributed by atoms with E-state index in [4.69, 9.17) is 4.52 Å². The summed E-state index contributed by atoms with van der Waals surface area (Å²) in [6.07, 6.45) is 0.925. The SMILES string of the molecule is CCc1cc(CNCc2ccsc2)on1. The zero-order chi connectivity index (χ0) is 10.5. The Bertz CT molecular complexity index is 394. The molecular formula is C11H14N2OS. The Morgan fingerprint density at radius 3 is 3.07 bits per heavy atom. The van der Waals surface area contributed by atoms with E-state index in [0.29, 0.717) is 0 Å². The number of nitrogens with one attached hydrogen (secondary N) is 1. The van der Waals surface area contributed by atoms with Crippen molar-refractivity contribution in [3.05, 3.63) is 39.9 Å². The first-order valence-electron chi connectivity index (χ1n) is 5.04. The maximum absolute atomic E-state index is 5.17. The number of nitrogens with zero attached hydrogens (tertiary/aromatic N) is 1. The average Bonchev–Trinajstić information content (AvgIpc) is 2.88. The van der Waals surface area contributed by atoms with Gasteiger partial charge in [0.15, 0.2) is 5.76 Å². The van der Waals surface area contributed by atoms with Crippen LogP contribution in [0.5, 0.6) is 0 Å². The fourth-order valence-corrected chi connectivity index (χ4v) is 2.00. The van der Waals surface area contributed by atoms with Crippen LogP contribution >= 0.6 is 11.3 Å². The molecule has 1 N–H and O–H groups in total. The third kappa shape index (κ3) is 2.91. The van der Waals surface area contributed by atoms with E-state index >= 15 is 0 Å². The van der Waals surface area contributed by atoms with E-state index in [2.05, 4.69) is 34.2 Å². The summed E-state index contributed by atoms with van der Waals surface area (Å²) >= 11 is 1.72. The predicted molar refractivity (Wildman–Crippen MR) is 60.7 cm³/mol. The topological polar surface area (TPSA) is 38.1 Å². The molecule has 0 saturated heterocycles. The molecule has 0 radical (unpaired) electrons. The smallest absolute Gasteiger partial charge is 0.150 e. The van der Waals surface area contributed by atoms with Crippen LogP contribution in [-0.2, 0) is 19.5 Å². The quantitative estimate of drug-likeness (QED) is 0.845. The molecule has 2 heterocycles. The van der Waals surface area contributed by atoms with Crippen molar-refractivity contribution in [2.45, 2.75) is 26.4 Å². The lowest BCUT2D eigenvalue weighted by Gasteiger charge is -1.98. The van der Waals surface area contributed by atoms with E-state index in [1.807, 2.05) is 6.07 Å². The van der Waals surface area contributed by atoms with Crippen LogP contribution in [0.1, 0.15) is 23.9 Å². The van der Waals surface area contributed by atoms with Gasteiger partial charge in [0.2, 0.25) is 0 Å². The molecule has 0 unspecified atom stereocenters. The maximum atomic E-state index is 5.17. The van der Waals surface area contributed by atoms with Gasteiger partial charge in [-0.15, -0.1) is 0 Å². The van der Waals surface area contributed by atoms with E-state index < -0.39 is 0 Å². The van der Waals surface area contributed by atoms with Crippen LogP contribution in [0.3, 0.4) is 0 Å². The molecule has 0 aliphatic carbocycles. The lowest BCUT2D eigenvalue weighted by molar-refractivity contribution is 0.368. The molecule has 2 aromatic heterocycles. The molecule has 0 amide bonds. The van der Waals surface area contributed by atoms with Crippen molar-refractivity contribution in [1.29, 1.82) is 0 Å². The molecule has 0 aliphatic rings. The summed E-state index contributed by atoms with van der Waals surface area (Å²) in [6.45, 7) is 3.69. The van der Waals surface area contributed by atoms with Gasteiger partial charge >= 0.3 is 0 Å². The molecule has 80 valence electrons. The monoisotopic (exact) mass is 222 g/mol. The fourth-order valence-electron chi connectivity index (χ4n) is 1.33. The molecule has 2 aromatic rings. The second-order valence-corrected chi connectivity index (χ2v) is 4.15. The van der Waals surface area contributed by atoms with Gasteiger partial charge in [0.05, 0.1) is 12.2 Å². The van der Waals surface area contributed by atoms with Gasteiger partial charge < -0.3 is 9.84 Å². The summed E-state index contributed by atoms with van der Waals surface area (Å²) in [7, 11) is 0. The minimum atomic E-state index is 0.739. The second kappa shape index (κ2) is 5.09. The lowest BCUT2D eigenvalue weighted by atomic mass is 10.3. The average molecular weight is 222 g/mol. The number of aryl methyl sites for hydroxylation is 1. The number of rotatable bonds is 5. The van der Waals surface area contributed by atoms with Gasteiger partial charge in [-0.25, -0.2) is 0 Å². The second-order valence-electron chi connectivity index (χ2n) is 3.37. The van der Waals surface area contributed by atoms with Gasteiger partial charge in [0.25, 0.3) is 0 Å². The van der Waals surface area contributed by atoms with Crippen molar-refractivity contribution in [1.82, 2.24) is 10.5 Å². The highest BCUT2D eigenvalue weighted by atomic mass is 32.1. The first-order chi connectivity index (χ1) is 7.38. The first kappa shape index (κ1) is 10.4. The van der Waals surface area contributed by atoms with E-state index in [1.54, 1.807) is 11.3 Å². The van der Waals surface area contributed by atoms with Crippen LogP contribution in [0.25, 0.3) is 0 Å². The summed E-state index contributed by atoms with van der Waals surface area (Å²) < 4.78 is 5.17. The van der Waals surface area contributed by atoms with Gasteiger partial charge in [0, 0.05) is 12.6 Å². The summed E-state index contributed by atoms with van der Waals surface area (Å²) in [6, 6.07) is 4.12. The van der Waals surface area contributed by atoms with Crippen molar-refractivity contribution >= 4 is 11.3 Å². The van der Waals surface area contributed by atoms with Gasteiger partial charge in [-0.3, -0.25) is 0 Å². The Morgan fingerprint density at radius 2 is 2.40 bits per heavy atom. The molecule has 0 aliphatic heterocycles. The lowest BCUT2D eigenvalue weighted by Crippen LogP contribution is -2.11. The van der Waals surface area contributed by atoms with Crippen molar-refractivity contribution < 1.29 is 4.52 Å². The van der Waals surface area contributed by atoms with E-state index in [9.17, 15) is 0 Å². The van der Waals surface area contributed by atoms with Crippen LogP contribution in [0.2, 0.25) is 0 Å². The maximum Gasteiger partial charge on any atom is 0.150 e. The molecule has 15 heavy (non-hydrogen) atoms. The number of aromatic nitrogens is 1. The summed E-state index contributed by atoms with van der Waals surface area (Å²) in [4.78, 5) is 0. The molecule has 0 saturated carbocycles.